The highest BCUT2D eigenvalue weighted by Gasteiger charge is 2.10. The van der Waals surface area contributed by atoms with E-state index in [-0.39, 0.29) is 11.9 Å². The van der Waals surface area contributed by atoms with E-state index < -0.39 is 0 Å². The fourth-order valence-corrected chi connectivity index (χ4v) is 2.74. The Kier molecular flexibility index (Phi) is 17.9. The highest BCUT2D eigenvalue weighted by atomic mass is 16.5. The first kappa shape index (κ1) is 24.9. The van der Waals surface area contributed by atoms with Crippen LogP contribution in [0.15, 0.2) is 0 Å². The number of hydrogen-bond acceptors (Lipinski definition) is 5. The molecule has 0 aliphatic heterocycles. The second-order valence-electron chi connectivity index (χ2n) is 6.93. The maximum atomic E-state index is 11.8. The molecular formula is C21H40O5. The molecule has 0 aromatic heterocycles. The highest BCUT2D eigenvalue weighted by Crippen LogP contribution is 2.17. The third kappa shape index (κ3) is 16.4. The van der Waals surface area contributed by atoms with E-state index in [1.54, 1.807) is 7.11 Å². The molecule has 0 fully saturated rings. The molecule has 26 heavy (non-hydrogen) atoms. The predicted molar refractivity (Wildman–Crippen MR) is 104 cm³/mol. The Morgan fingerprint density at radius 2 is 1.27 bits per heavy atom. The van der Waals surface area contributed by atoms with Gasteiger partial charge in [-0.3, -0.25) is 9.59 Å². The first-order valence-electron chi connectivity index (χ1n) is 10.4. The smallest absolute Gasteiger partial charge is 0.305 e. The zero-order valence-electron chi connectivity index (χ0n) is 17.2. The molecule has 0 radical (unpaired) electrons. The molecule has 0 bridgehead atoms. The molecule has 5 heteroatoms. The minimum Gasteiger partial charge on any atom is -0.466 e. The third-order valence-electron chi connectivity index (χ3n) is 4.51. The lowest BCUT2D eigenvalue weighted by atomic mass is 9.96. The average molecular weight is 373 g/mol. The Hall–Kier alpha value is -1.10. The quantitative estimate of drug-likeness (QED) is 0.249. The summed E-state index contributed by atoms with van der Waals surface area (Å²) in [4.78, 5) is 23.2. The number of unbranched alkanes of at least 4 members (excludes halogenated alkanes) is 4. The molecular weight excluding hydrogens is 332 g/mol. The lowest BCUT2D eigenvalue weighted by Gasteiger charge is -2.16. The van der Waals surface area contributed by atoms with E-state index in [0.29, 0.717) is 32.0 Å². The predicted octanol–water partition coefficient (Wildman–Crippen LogP) is 5.06. The lowest BCUT2D eigenvalue weighted by Crippen LogP contribution is -2.12. The van der Waals surface area contributed by atoms with Crippen LogP contribution in [0.2, 0.25) is 0 Å². The van der Waals surface area contributed by atoms with Crippen LogP contribution in [0.3, 0.4) is 0 Å². The monoisotopic (exact) mass is 372 g/mol. The van der Waals surface area contributed by atoms with Crippen molar-refractivity contribution in [1.29, 1.82) is 0 Å². The largest absolute Gasteiger partial charge is 0.466 e. The summed E-state index contributed by atoms with van der Waals surface area (Å²) in [6.07, 6.45) is 10.7. The zero-order chi connectivity index (χ0) is 19.5. The van der Waals surface area contributed by atoms with Gasteiger partial charge in [-0.2, -0.15) is 0 Å². The number of rotatable bonds is 18. The molecule has 1 unspecified atom stereocenters. The van der Waals surface area contributed by atoms with E-state index in [0.717, 1.165) is 51.6 Å². The average Bonchev–Trinajstić information content (AvgIpc) is 2.63. The van der Waals surface area contributed by atoms with Crippen molar-refractivity contribution in [2.45, 2.75) is 90.9 Å². The van der Waals surface area contributed by atoms with Crippen molar-refractivity contribution in [2.75, 3.05) is 26.9 Å². The molecule has 0 aliphatic rings. The minimum atomic E-state index is -0.129. The van der Waals surface area contributed by atoms with Gasteiger partial charge < -0.3 is 14.2 Å². The van der Waals surface area contributed by atoms with E-state index in [9.17, 15) is 9.59 Å². The van der Waals surface area contributed by atoms with Crippen LogP contribution >= 0.6 is 0 Å². The molecule has 0 spiro atoms. The van der Waals surface area contributed by atoms with Gasteiger partial charge in [0, 0.05) is 26.6 Å². The maximum Gasteiger partial charge on any atom is 0.305 e. The van der Waals surface area contributed by atoms with Gasteiger partial charge in [-0.25, -0.2) is 0 Å². The molecule has 0 aromatic carbocycles. The Morgan fingerprint density at radius 3 is 1.85 bits per heavy atom. The number of carbonyl (C=O) groups is 2. The van der Waals surface area contributed by atoms with Crippen LogP contribution in [0.5, 0.6) is 0 Å². The second-order valence-corrected chi connectivity index (χ2v) is 6.93. The maximum absolute atomic E-state index is 11.8. The van der Waals surface area contributed by atoms with Crippen LogP contribution in [0.4, 0.5) is 0 Å². The zero-order valence-corrected chi connectivity index (χ0v) is 17.2. The summed E-state index contributed by atoms with van der Waals surface area (Å²) in [5.74, 6) is 0.313. The molecule has 0 N–H and O–H groups in total. The van der Waals surface area contributed by atoms with Crippen molar-refractivity contribution in [3.63, 3.8) is 0 Å². The molecule has 5 nitrogen and oxygen atoms in total. The summed E-state index contributed by atoms with van der Waals surface area (Å²) in [5.41, 5.74) is 0. The number of esters is 2. The summed E-state index contributed by atoms with van der Waals surface area (Å²) in [5, 5.41) is 0. The SMILES string of the molecule is CCCCOC(=O)CCCCCC(=O)OCCC(CCCC)CCOC. The first-order valence-corrected chi connectivity index (χ1v) is 10.4. The van der Waals surface area contributed by atoms with E-state index in [1.165, 1.54) is 19.3 Å². The lowest BCUT2D eigenvalue weighted by molar-refractivity contribution is -0.144. The molecule has 0 aliphatic carbocycles. The van der Waals surface area contributed by atoms with Crippen LogP contribution in [0.1, 0.15) is 90.9 Å². The number of carbonyl (C=O) groups excluding carboxylic acids is 2. The summed E-state index contributed by atoms with van der Waals surface area (Å²) in [6.45, 7) is 6.05. The fraction of sp³-hybridized carbons (Fsp3) is 0.905. The fourth-order valence-electron chi connectivity index (χ4n) is 2.74. The van der Waals surface area contributed by atoms with Crippen molar-refractivity contribution in [3.8, 4) is 0 Å². The second kappa shape index (κ2) is 18.7. The molecule has 0 saturated heterocycles. The van der Waals surface area contributed by atoms with Gasteiger partial charge in [-0.15, -0.1) is 0 Å². The Balaban J connectivity index is 3.64. The molecule has 0 aromatic rings. The van der Waals surface area contributed by atoms with Crippen molar-refractivity contribution in [1.82, 2.24) is 0 Å². The van der Waals surface area contributed by atoms with Gasteiger partial charge >= 0.3 is 11.9 Å². The molecule has 0 saturated carbocycles. The van der Waals surface area contributed by atoms with Gasteiger partial charge in [-0.1, -0.05) is 46.0 Å². The van der Waals surface area contributed by atoms with Crippen molar-refractivity contribution in [2.24, 2.45) is 5.92 Å². The Morgan fingerprint density at radius 1 is 0.692 bits per heavy atom. The normalized spacial score (nSPS) is 12.0. The molecule has 154 valence electrons. The Bertz CT molecular complexity index is 335. The van der Waals surface area contributed by atoms with E-state index >= 15 is 0 Å². The van der Waals surface area contributed by atoms with Gasteiger partial charge in [0.25, 0.3) is 0 Å². The first-order chi connectivity index (χ1) is 12.6. The van der Waals surface area contributed by atoms with E-state index in [4.69, 9.17) is 14.2 Å². The summed E-state index contributed by atoms with van der Waals surface area (Å²) < 4.78 is 15.6. The number of hydrogen-bond donors (Lipinski definition) is 0. The minimum absolute atomic E-state index is 0.128. The topological polar surface area (TPSA) is 61.8 Å². The highest BCUT2D eigenvalue weighted by molar-refractivity contribution is 5.69. The van der Waals surface area contributed by atoms with E-state index in [2.05, 4.69) is 13.8 Å². The van der Waals surface area contributed by atoms with E-state index in [1.807, 2.05) is 0 Å². The third-order valence-corrected chi connectivity index (χ3v) is 4.51. The van der Waals surface area contributed by atoms with Gasteiger partial charge in [-0.05, 0) is 38.0 Å². The summed E-state index contributed by atoms with van der Waals surface area (Å²) in [6, 6.07) is 0. The van der Waals surface area contributed by atoms with Crippen molar-refractivity contribution >= 4 is 11.9 Å². The Labute approximate surface area is 160 Å². The molecule has 1 atom stereocenters. The van der Waals surface area contributed by atoms with Gasteiger partial charge in [0.2, 0.25) is 0 Å². The van der Waals surface area contributed by atoms with Crippen LogP contribution < -0.4 is 0 Å². The number of ether oxygens (including phenoxy) is 3. The van der Waals surface area contributed by atoms with Crippen LogP contribution in [-0.4, -0.2) is 38.9 Å². The van der Waals surface area contributed by atoms with Crippen molar-refractivity contribution < 1.29 is 23.8 Å². The van der Waals surface area contributed by atoms with Crippen LogP contribution in [0.25, 0.3) is 0 Å². The van der Waals surface area contributed by atoms with Gasteiger partial charge in [0.05, 0.1) is 13.2 Å². The van der Waals surface area contributed by atoms with Crippen molar-refractivity contribution in [3.05, 3.63) is 0 Å². The summed E-state index contributed by atoms with van der Waals surface area (Å²) >= 11 is 0. The molecule has 0 amide bonds. The molecule has 0 rings (SSSR count). The van der Waals surface area contributed by atoms with Crippen LogP contribution in [-0.2, 0) is 23.8 Å². The number of methoxy groups -OCH3 is 1. The van der Waals surface area contributed by atoms with Crippen LogP contribution in [0, 0.1) is 5.92 Å². The molecule has 0 heterocycles. The van der Waals surface area contributed by atoms with Gasteiger partial charge in [0.1, 0.15) is 0 Å². The summed E-state index contributed by atoms with van der Waals surface area (Å²) in [7, 11) is 1.72. The standard InChI is InChI=1S/C21H40O5/c1-4-6-11-19(14-17-24-3)15-18-26-21(23)13-10-8-9-12-20(22)25-16-7-5-2/h19H,4-18H2,1-3H3. The van der Waals surface area contributed by atoms with Gasteiger partial charge in [0.15, 0.2) is 0 Å².